The van der Waals surface area contributed by atoms with Gasteiger partial charge in [0.25, 0.3) is 5.91 Å². The molecular weight excluding hydrogens is 1410 g/mol. The summed E-state index contributed by atoms with van der Waals surface area (Å²) < 4.78 is 5.74. The average Bonchev–Trinajstić information content (AvgIpc) is 0.822. The number of ether oxygens (including phenoxy) is 1. The number of rotatable bonds is 22. The van der Waals surface area contributed by atoms with Crippen LogP contribution < -0.4 is 43.0 Å². The van der Waals surface area contributed by atoms with Crippen molar-refractivity contribution in [1.82, 2.24) is 56.8 Å². The first-order valence-electron chi connectivity index (χ1n) is 35.6. The van der Waals surface area contributed by atoms with Crippen LogP contribution in [0.15, 0.2) is 91.0 Å². The molecule has 576 valence electrons. The van der Waals surface area contributed by atoms with Gasteiger partial charge in [0.15, 0.2) is 6.10 Å². The first-order chi connectivity index (χ1) is 48.7. The molecule has 1 saturated heterocycles. The van der Waals surface area contributed by atoms with E-state index in [1.54, 1.807) is 102 Å². The Balaban J connectivity index is 1.90. The molecule has 1 fully saturated rings. The normalized spacial score (nSPS) is 24.1. The largest absolute Gasteiger partial charge is 0.450 e. The summed E-state index contributed by atoms with van der Waals surface area (Å²) >= 11 is 0. The number of esters is 1. The molecule has 0 saturated carbocycles. The first kappa shape index (κ1) is 89.1. The molecule has 25 nitrogen and oxygen atoms in total. The summed E-state index contributed by atoms with van der Waals surface area (Å²) in [7, 11) is 11.3. The second-order valence-electron chi connectivity index (χ2n) is 29.5. The zero-order chi connectivity index (χ0) is 77.9. The van der Waals surface area contributed by atoms with Crippen LogP contribution in [0.3, 0.4) is 0 Å². The number of benzene rings is 3. The molecule has 0 bridgehead atoms. The number of nitrogens with one attached hydrogen (secondary N) is 7. The summed E-state index contributed by atoms with van der Waals surface area (Å²) in [4.78, 5) is 181. The van der Waals surface area contributed by atoms with Gasteiger partial charge in [-0.3, -0.25) is 52.7 Å². The van der Waals surface area contributed by atoms with Gasteiger partial charge in [0.1, 0.15) is 60.4 Å². The summed E-state index contributed by atoms with van der Waals surface area (Å²) in [6.45, 7) is 25.4. The Hall–Kier alpha value is -7.34. The fraction of sp³-hybridized carbons (Fsp3) is 0.600. The molecule has 29 heteroatoms. The van der Waals surface area contributed by atoms with Crippen LogP contribution in [-0.2, 0) is 81.5 Å². The fourth-order valence-corrected chi connectivity index (χ4v) is 15.8. The van der Waals surface area contributed by atoms with Gasteiger partial charge < -0.3 is 67.3 Å². The van der Waals surface area contributed by atoms with Crippen LogP contribution in [-0.4, -0.2) is 219 Å². The number of nitrogens with zero attached hydrogens (tertiary/aromatic N) is 4. The molecule has 0 aliphatic carbocycles. The molecule has 0 spiro atoms. The Kier molecular flexibility index (Phi) is 36.6. The highest BCUT2D eigenvalue weighted by Crippen LogP contribution is 2.36. The topological polar surface area (TPSA) is 337 Å². The zero-order valence-electron chi connectivity index (χ0n) is 63.8. The Morgan fingerprint density at radius 1 is 0.481 bits per heavy atom. The van der Waals surface area contributed by atoms with E-state index in [0.29, 0.717) is 28.9 Å². The van der Waals surface area contributed by atoms with Gasteiger partial charge in [0.2, 0.25) is 59.1 Å². The number of nitrogens with two attached hydrogens (primary N) is 1. The Morgan fingerprint density at radius 3 is 1.48 bits per heavy atom. The maximum absolute atomic E-state index is 15.2. The third kappa shape index (κ3) is 29.9. The van der Waals surface area contributed by atoms with Crippen molar-refractivity contribution in [1.29, 1.82) is 0 Å². The maximum atomic E-state index is 15.2. The Bertz CT molecular complexity index is 3350. The van der Waals surface area contributed by atoms with Crippen molar-refractivity contribution in [2.75, 3.05) is 46.2 Å². The lowest BCUT2D eigenvalue weighted by Crippen LogP contribution is -2.60. The van der Waals surface area contributed by atoms with E-state index in [1.165, 1.54) is 103 Å². The molecular formula is C75H114N12O13S4. The molecule has 104 heavy (non-hydrogen) atoms. The SMILES string of the molecule is CC(C)C[C@@H]1NC(=O)[C@@H](CCCCNC(=O)[C@@H](N)CSSC(C)(C)C)NC(=O)[C@H](Cc2ccccc2)NC(=O)C(CSSC(C)(C)C)OC(=O)[C@H](Cc2ccccc2)NC(=O)[C@H](C)NC(=O)[C@H](C)N(C)C(=O)[C@H](Cc2ccccc2)N(C)C(=O)[C@H](C)NC(=O)[C@H](CC(C)C)N(C)C(=O)[C@H](C)N(C)C1=O. The van der Waals surface area contributed by atoms with Crippen molar-refractivity contribution in [3.63, 3.8) is 0 Å². The number of amides is 11. The molecule has 9 N–H and O–H groups in total. The first-order valence-corrected chi connectivity index (χ1v) is 40.2. The molecule has 12 atom stereocenters. The number of hydrogen-bond donors (Lipinski definition) is 8. The van der Waals surface area contributed by atoms with Crippen molar-refractivity contribution >= 4 is 114 Å². The molecule has 1 aliphatic heterocycles. The number of carbonyl (C=O) groups excluding carboxylic acids is 12. The second-order valence-corrected chi connectivity index (χ2v) is 35.8. The van der Waals surface area contributed by atoms with Crippen molar-refractivity contribution in [2.24, 2.45) is 17.6 Å². The molecule has 1 heterocycles. The number of cyclic esters (lactones) is 1. The van der Waals surface area contributed by atoms with Gasteiger partial charge in [0, 0.05) is 69.2 Å². The highest BCUT2D eigenvalue weighted by atomic mass is 33.1. The van der Waals surface area contributed by atoms with E-state index >= 15 is 14.4 Å². The van der Waals surface area contributed by atoms with Crippen LogP contribution >= 0.6 is 43.2 Å². The van der Waals surface area contributed by atoms with Gasteiger partial charge >= 0.3 is 5.97 Å². The number of carbonyl (C=O) groups is 12. The second kappa shape index (κ2) is 42.7. The van der Waals surface area contributed by atoms with Crippen LogP contribution in [0.4, 0.5) is 0 Å². The van der Waals surface area contributed by atoms with Gasteiger partial charge in [-0.1, -0.05) is 203 Å². The monoisotopic (exact) mass is 1520 g/mol. The number of unbranched alkanes of at least 4 members (excludes halogenated alkanes) is 1. The van der Waals surface area contributed by atoms with Crippen LogP contribution in [0.2, 0.25) is 0 Å². The highest BCUT2D eigenvalue weighted by Gasteiger charge is 2.41. The molecule has 11 amide bonds. The van der Waals surface area contributed by atoms with Gasteiger partial charge in [-0.05, 0) is 88.3 Å². The van der Waals surface area contributed by atoms with Gasteiger partial charge in [-0.25, -0.2) is 4.79 Å². The van der Waals surface area contributed by atoms with E-state index in [9.17, 15) is 43.2 Å². The van der Waals surface area contributed by atoms with E-state index in [4.69, 9.17) is 10.5 Å². The molecule has 1 aliphatic rings. The predicted molar refractivity (Wildman–Crippen MR) is 414 cm³/mol. The Labute approximate surface area is 631 Å². The fourth-order valence-electron chi connectivity index (χ4n) is 11.0. The molecule has 3 aromatic carbocycles. The predicted octanol–water partition coefficient (Wildman–Crippen LogP) is 6.00. The summed E-state index contributed by atoms with van der Waals surface area (Å²) in [6, 6.07) is 12.4. The lowest BCUT2D eigenvalue weighted by Gasteiger charge is -2.36. The van der Waals surface area contributed by atoms with Crippen molar-refractivity contribution in [3.05, 3.63) is 108 Å². The minimum Gasteiger partial charge on any atom is -0.450 e. The molecule has 0 aromatic heterocycles. The van der Waals surface area contributed by atoms with Crippen LogP contribution in [0.5, 0.6) is 0 Å². The van der Waals surface area contributed by atoms with Crippen LogP contribution in [0, 0.1) is 11.8 Å². The zero-order valence-corrected chi connectivity index (χ0v) is 67.1. The van der Waals surface area contributed by atoms with E-state index in [1.807, 2.05) is 48.5 Å². The van der Waals surface area contributed by atoms with Crippen molar-refractivity contribution in [2.45, 2.75) is 230 Å². The standard InChI is InChI=1S/C75H114N12O13S4/c1-45(2)38-57-71(97)85(16)50(8)70(96)86(17)59(39-46(3)4)67(93)79-48(6)69(95)87(18)60(42-53-34-26-21-27-35-53)72(98)84(15)49(7)63(89)78-47(5)62(88)83-58(41-52-32-24-20-25-33-52)73(99)100-61(44-102-104-75(12,13)14)68(94)81-56(40-51-30-22-19-23-31-51)66(92)80-55(65(91)82-57)36-28-29-37-77-64(90)54(76)43-101-103-74(9,10)11/h19-27,30-35,45-50,54-61H,28-29,36-44,76H2,1-18H3,(H,77,90)(H,78,89)(H,79,93)(H,80,92)(H,81,94)(H,82,91)(H,83,88)/t47-,48-,49-,50-,54-,55+,56-,57-,58-,59-,60-,61?/m0/s1. The molecule has 3 aromatic rings. The molecule has 4 rings (SSSR count). The minimum absolute atomic E-state index is 0.0195. The quantitative estimate of drug-likeness (QED) is 0.0325. The summed E-state index contributed by atoms with van der Waals surface area (Å²) in [6.07, 6.45) is -1.18. The van der Waals surface area contributed by atoms with E-state index in [0.717, 1.165) is 4.90 Å². The van der Waals surface area contributed by atoms with Gasteiger partial charge in [0.05, 0.1) is 11.8 Å². The Morgan fingerprint density at radius 2 is 0.942 bits per heavy atom. The summed E-state index contributed by atoms with van der Waals surface area (Å²) in [5.41, 5.74) is 8.12. The van der Waals surface area contributed by atoms with Crippen LogP contribution in [0.25, 0.3) is 0 Å². The van der Waals surface area contributed by atoms with Gasteiger partial charge in [-0.2, -0.15) is 0 Å². The van der Waals surface area contributed by atoms with E-state index < -0.39 is 138 Å². The average molecular weight is 1520 g/mol. The third-order valence-electron chi connectivity index (χ3n) is 17.2. The lowest BCUT2D eigenvalue weighted by molar-refractivity contribution is -0.157. The highest BCUT2D eigenvalue weighted by molar-refractivity contribution is 8.77. The van der Waals surface area contributed by atoms with Crippen molar-refractivity contribution in [3.8, 4) is 0 Å². The van der Waals surface area contributed by atoms with Crippen molar-refractivity contribution < 1.29 is 62.3 Å². The third-order valence-corrected chi connectivity index (χ3v) is 23.9. The van der Waals surface area contributed by atoms with Gasteiger partial charge in [-0.15, -0.1) is 0 Å². The van der Waals surface area contributed by atoms with Crippen LogP contribution in [0.1, 0.15) is 146 Å². The van der Waals surface area contributed by atoms with E-state index in [-0.39, 0.29) is 84.5 Å². The van der Waals surface area contributed by atoms with E-state index in [2.05, 4.69) is 58.0 Å². The summed E-state index contributed by atoms with van der Waals surface area (Å²) in [5.74, 6) is -9.06. The lowest BCUT2D eigenvalue weighted by atomic mass is 9.99. The smallest absolute Gasteiger partial charge is 0.329 e. The molecule has 1 unspecified atom stereocenters. The minimum atomic E-state index is -1.61. The molecule has 0 radical (unpaired) electrons. The summed E-state index contributed by atoms with van der Waals surface area (Å²) in [5, 5.41) is 19.6. The number of likely N-dealkylation sites (N-methyl/N-ethyl adjacent to an activating group) is 4. The number of hydrogen-bond acceptors (Lipinski definition) is 18. The maximum Gasteiger partial charge on any atom is 0.329 e.